The molecule has 0 fully saturated rings. The third kappa shape index (κ3) is 3.72. The van der Waals surface area contributed by atoms with Crippen LogP contribution in [0.25, 0.3) is 11.5 Å². The predicted molar refractivity (Wildman–Crippen MR) is 76.5 cm³/mol. The number of carboxylic acids is 1. The van der Waals surface area contributed by atoms with Crippen molar-refractivity contribution in [3.63, 3.8) is 0 Å². The molecule has 0 saturated heterocycles. The van der Waals surface area contributed by atoms with E-state index in [1.54, 1.807) is 12.1 Å². The van der Waals surface area contributed by atoms with Crippen molar-refractivity contribution < 1.29 is 14.4 Å². The zero-order valence-electron chi connectivity index (χ0n) is 10.3. The van der Waals surface area contributed by atoms with Gasteiger partial charge < -0.3 is 15.4 Å². The maximum absolute atomic E-state index is 10.6. The van der Waals surface area contributed by atoms with E-state index in [1.807, 2.05) is 12.1 Å². The maximum Gasteiger partial charge on any atom is 0.321 e. The quantitative estimate of drug-likeness (QED) is 0.841. The lowest BCUT2D eigenvalue weighted by molar-refractivity contribution is -0.137. The van der Waals surface area contributed by atoms with Gasteiger partial charge in [0.1, 0.15) is 6.04 Å². The van der Waals surface area contributed by atoms with Crippen molar-refractivity contribution in [3.8, 4) is 11.5 Å². The van der Waals surface area contributed by atoms with Gasteiger partial charge in [-0.15, -0.1) is 0 Å². The van der Waals surface area contributed by atoms with Crippen molar-refractivity contribution >= 4 is 29.3 Å². The molecule has 1 heterocycles. The summed E-state index contributed by atoms with van der Waals surface area (Å²) in [6, 6.07) is 6.27. The van der Waals surface area contributed by atoms with Crippen molar-refractivity contribution in [2.24, 2.45) is 5.73 Å². The van der Waals surface area contributed by atoms with Crippen LogP contribution in [0.3, 0.4) is 0 Å². The van der Waals surface area contributed by atoms with E-state index in [1.165, 1.54) is 11.8 Å². The Hall–Kier alpha value is -1.57. The fraction of sp³-hybridized carbons (Fsp3) is 0.250. The van der Waals surface area contributed by atoms with Crippen LogP contribution in [0.5, 0.6) is 0 Å². The van der Waals surface area contributed by atoms with Crippen LogP contribution in [0, 0.1) is 0 Å². The topological polar surface area (TPSA) is 102 Å². The molecule has 0 bridgehead atoms. The number of carboxylic acid groups (broad SMARTS) is 1. The number of benzene rings is 1. The summed E-state index contributed by atoms with van der Waals surface area (Å²) in [5, 5.41) is 13.0. The first-order valence-electron chi connectivity index (χ1n) is 5.71. The second kappa shape index (κ2) is 6.74. The molecule has 2 aromatic rings. The summed E-state index contributed by atoms with van der Waals surface area (Å²) in [5.41, 5.74) is 6.06. The average Bonchev–Trinajstić information content (AvgIpc) is 2.87. The molecule has 0 radical (unpaired) electrons. The number of nitrogens with two attached hydrogens (primary N) is 1. The molecule has 0 aliphatic rings. The summed E-state index contributed by atoms with van der Waals surface area (Å²) in [6.45, 7) is 0. The molecular formula is C12H12ClN3O3S. The SMILES string of the molecule is N[C@H](CSCc1noc(-c2ccccc2Cl)n1)C(=O)O. The van der Waals surface area contributed by atoms with E-state index < -0.39 is 12.0 Å². The third-order valence-corrected chi connectivity index (χ3v) is 3.80. The number of halogens is 1. The number of carbonyl (C=O) groups is 1. The number of nitrogens with zero attached hydrogens (tertiary/aromatic N) is 2. The number of aromatic nitrogens is 2. The number of thioether (sulfide) groups is 1. The first-order valence-corrected chi connectivity index (χ1v) is 7.25. The molecule has 1 aromatic heterocycles. The van der Waals surface area contributed by atoms with Gasteiger partial charge in [0.15, 0.2) is 5.82 Å². The van der Waals surface area contributed by atoms with Crippen molar-refractivity contribution in [2.75, 3.05) is 5.75 Å². The summed E-state index contributed by atoms with van der Waals surface area (Å²) in [6.07, 6.45) is 0. The summed E-state index contributed by atoms with van der Waals surface area (Å²) in [7, 11) is 0. The van der Waals surface area contributed by atoms with E-state index in [0.717, 1.165) is 0 Å². The molecule has 8 heteroatoms. The molecule has 3 N–H and O–H groups in total. The number of hydrogen-bond donors (Lipinski definition) is 2. The number of aliphatic carboxylic acids is 1. The van der Waals surface area contributed by atoms with Crippen molar-refractivity contribution in [3.05, 3.63) is 35.1 Å². The van der Waals surface area contributed by atoms with Gasteiger partial charge in [-0.2, -0.15) is 16.7 Å². The molecule has 2 rings (SSSR count). The Labute approximate surface area is 124 Å². The van der Waals surface area contributed by atoms with Crippen LogP contribution in [-0.2, 0) is 10.5 Å². The zero-order chi connectivity index (χ0) is 14.5. The number of rotatable bonds is 6. The minimum Gasteiger partial charge on any atom is -0.480 e. The van der Waals surface area contributed by atoms with Crippen LogP contribution in [0.1, 0.15) is 5.82 Å². The molecule has 1 atom stereocenters. The van der Waals surface area contributed by atoms with Gasteiger partial charge in [0.05, 0.1) is 16.3 Å². The fourth-order valence-corrected chi connectivity index (χ4v) is 2.44. The van der Waals surface area contributed by atoms with Gasteiger partial charge in [-0.05, 0) is 12.1 Å². The maximum atomic E-state index is 10.6. The van der Waals surface area contributed by atoms with Crippen LogP contribution >= 0.6 is 23.4 Å². The van der Waals surface area contributed by atoms with Crippen molar-refractivity contribution in [1.29, 1.82) is 0 Å². The third-order valence-electron chi connectivity index (χ3n) is 2.42. The Bertz CT molecular complexity index is 605. The monoisotopic (exact) mass is 313 g/mol. The first kappa shape index (κ1) is 14.8. The molecule has 20 heavy (non-hydrogen) atoms. The van der Waals surface area contributed by atoms with Gasteiger partial charge in [0.2, 0.25) is 0 Å². The largest absolute Gasteiger partial charge is 0.480 e. The van der Waals surface area contributed by atoms with Crippen LogP contribution in [0.15, 0.2) is 28.8 Å². The molecular weight excluding hydrogens is 302 g/mol. The molecule has 0 unspecified atom stereocenters. The molecule has 1 aromatic carbocycles. The Morgan fingerprint density at radius 2 is 2.25 bits per heavy atom. The normalized spacial score (nSPS) is 12.3. The van der Waals surface area contributed by atoms with E-state index in [4.69, 9.17) is 27.0 Å². The van der Waals surface area contributed by atoms with Crippen molar-refractivity contribution in [1.82, 2.24) is 10.1 Å². The smallest absolute Gasteiger partial charge is 0.321 e. The Morgan fingerprint density at radius 3 is 2.95 bits per heavy atom. The highest BCUT2D eigenvalue weighted by molar-refractivity contribution is 7.98. The van der Waals surface area contributed by atoms with Crippen LogP contribution in [-0.4, -0.2) is 33.0 Å². The molecule has 0 spiro atoms. The van der Waals surface area contributed by atoms with Crippen LogP contribution in [0.2, 0.25) is 5.02 Å². The standard InChI is InChI=1S/C12H12ClN3O3S/c13-8-4-2-1-3-7(8)11-15-10(16-19-11)6-20-5-9(14)12(17)18/h1-4,9H,5-6,14H2,(H,17,18)/t9-/m1/s1. The zero-order valence-corrected chi connectivity index (χ0v) is 11.9. The molecule has 0 saturated carbocycles. The summed E-state index contributed by atoms with van der Waals surface area (Å²) >= 11 is 7.37. The summed E-state index contributed by atoms with van der Waals surface area (Å²) in [4.78, 5) is 14.8. The lowest BCUT2D eigenvalue weighted by atomic mass is 10.2. The highest BCUT2D eigenvalue weighted by atomic mass is 35.5. The minimum absolute atomic E-state index is 0.283. The van der Waals surface area contributed by atoms with E-state index in [9.17, 15) is 4.79 Å². The average molecular weight is 314 g/mol. The van der Waals surface area contributed by atoms with Gasteiger partial charge in [-0.1, -0.05) is 28.9 Å². The molecule has 0 aliphatic heterocycles. The highest BCUT2D eigenvalue weighted by Crippen LogP contribution is 2.26. The lowest BCUT2D eigenvalue weighted by Gasteiger charge is -2.03. The van der Waals surface area contributed by atoms with Gasteiger partial charge in [-0.25, -0.2) is 0 Å². The second-order valence-corrected chi connectivity index (χ2v) is 5.39. The van der Waals surface area contributed by atoms with E-state index in [-0.39, 0.29) is 5.75 Å². The fourth-order valence-electron chi connectivity index (χ4n) is 1.41. The molecule has 0 aliphatic carbocycles. The van der Waals surface area contributed by atoms with E-state index >= 15 is 0 Å². The predicted octanol–water partition coefficient (Wildman–Crippen LogP) is 2.04. The van der Waals surface area contributed by atoms with Gasteiger partial charge >= 0.3 is 5.97 Å². The Morgan fingerprint density at radius 1 is 1.50 bits per heavy atom. The van der Waals surface area contributed by atoms with Crippen molar-refractivity contribution in [2.45, 2.75) is 11.8 Å². The molecule has 106 valence electrons. The van der Waals surface area contributed by atoms with E-state index in [0.29, 0.717) is 28.1 Å². The minimum atomic E-state index is -1.03. The van der Waals surface area contributed by atoms with Crippen LogP contribution < -0.4 is 5.73 Å². The van der Waals surface area contributed by atoms with Gasteiger partial charge in [0.25, 0.3) is 5.89 Å². The number of hydrogen-bond acceptors (Lipinski definition) is 6. The lowest BCUT2D eigenvalue weighted by Crippen LogP contribution is -2.32. The Kier molecular flexibility index (Phi) is 4.99. The highest BCUT2D eigenvalue weighted by Gasteiger charge is 2.14. The summed E-state index contributed by atoms with van der Waals surface area (Å²) in [5.74, 6) is 0.499. The second-order valence-electron chi connectivity index (χ2n) is 3.96. The van der Waals surface area contributed by atoms with Gasteiger partial charge in [-0.3, -0.25) is 4.79 Å². The van der Waals surface area contributed by atoms with E-state index in [2.05, 4.69) is 10.1 Å². The molecule has 0 amide bonds. The van der Waals surface area contributed by atoms with Crippen LogP contribution in [0.4, 0.5) is 0 Å². The molecule has 6 nitrogen and oxygen atoms in total. The summed E-state index contributed by atoms with van der Waals surface area (Å²) < 4.78 is 5.13. The first-order chi connectivity index (χ1) is 9.58. The van der Waals surface area contributed by atoms with Gasteiger partial charge in [0, 0.05) is 5.75 Å². The Balaban J connectivity index is 1.96.